The molecule has 0 heterocycles. The summed E-state index contributed by atoms with van der Waals surface area (Å²) in [6.45, 7) is 2.38. The van der Waals surface area contributed by atoms with Crippen molar-refractivity contribution in [1.82, 2.24) is 5.32 Å². The van der Waals surface area contributed by atoms with Crippen molar-refractivity contribution >= 4 is 11.9 Å². The van der Waals surface area contributed by atoms with Gasteiger partial charge in [-0.1, -0.05) is 6.42 Å². The summed E-state index contributed by atoms with van der Waals surface area (Å²) in [4.78, 5) is 22.4. The molecule has 1 aliphatic rings. The number of hydrogen-bond acceptors (Lipinski definition) is 3. The van der Waals surface area contributed by atoms with Crippen LogP contribution in [-0.4, -0.2) is 24.5 Å². The molecule has 4 heteroatoms. The first kappa shape index (κ1) is 12.7. The zero-order valence-electron chi connectivity index (χ0n) is 9.70. The first-order chi connectivity index (χ1) is 7.72. The quantitative estimate of drug-likeness (QED) is 0.583. The zero-order chi connectivity index (χ0) is 11.8. The monoisotopic (exact) mass is 225 g/mol. The van der Waals surface area contributed by atoms with Crippen LogP contribution < -0.4 is 5.32 Å². The van der Waals surface area contributed by atoms with Crippen molar-refractivity contribution in [2.45, 2.75) is 45.1 Å². The molecule has 0 saturated heterocycles. The fourth-order valence-corrected chi connectivity index (χ4v) is 1.76. The van der Waals surface area contributed by atoms with Crippen LogP contribution in [0.5, 0.6) is 0 Å². The second-order valence-electron chi connectivity index (χ2n) is 3.92. The van der Waals surface area contributed by atoms with Crippen molar-refractivity contribution < 1.29 is 14.3 Å². The number of esters is 1. The molecule has 1 aliphatic carbocycles. The zero-order valence-corrected chi connectivity index (χ0v) is 9.70. The molecule has 1 saturated carbocycles. The molecule has 0 bridgehead atoms. The van der Waals surface area contributed by atoms with Gasteiger partial charge in [0, 0.05) is 18.7 Å². The van der Waals surface area contributed by atoms with E-state index >= 15 is 0 Å². The highest BCUT2D eigenvalue weighted by atomic mass is 16.5. The average Bonchev–Trinajstić information content (AvgIpc) is 2.28. The number of carbonyl (C=O) groups excluding carboxylic acids is 2. The Morgan fingerprint density at radius 1 is 1.25 bits per heavy atom. The molecule has 0 aromatic heterocycles. The number of hydrogen-bond donors (Lipinski definition) is 1. The average molecular weight is 225 g/mol. The smallest absolute Gasteiger partial charge is 0.331 e. The van der Waals surface area contributed by atoms with E-state index in [0.29, 0.717) is 6.54 Å². The maximum Gasteiger partial charge on any atom is 0.331 e. The Bertz CT molecular complexity index is 267. The van der Waals surface area contributed by atoms with E-state index in [1.165, 1.54) is 18.6 Å². The molecule has 0 atom stereocenters. The second-order valence-corrected chi connectivity index (χ2v) is 3.92. The molecule has 1 rings (SSSR count). The summed E-state index contributed by atoms with van der Waals surface area (Å²) < 4.78 is 5.21. The standard InChI is InChI=1S/C12H19NO3/c1-2-13-11(14)8-9-12(15)16-10-6-4-3-5-7-10/h8-10H,2-7H2,1H3,(H,13,14)/b9-8-. The minimum Gasteiger partial charge on any atom is -0.459 e. The van der Waals surface area contributed by atoms with Gasteiger partial charge in [0.15, 0.2) is 0 Å². The van der Waals surface area contributed by atoms with Crippen LogP contribution in [0.25, 0.3) is 0 Å². The Balaban J connectivity index is 2.26. The molecule has 4 nitrogen and oxygen atoms in total. The lowest BCUT2D eigenvalue weighted by Gasteiger charge is -2.20. The first-order valence-corrected chi connectivity index (χ1v) is 5.89. The third-order valence-electron chi connectivity index (χ3n) is 2.56. The van der Waals surface area contributed by atoms with Gasteiger partial charge in [-0.05, 0) is 32.6 Å². The van der Waals surface area contributed by atoms with E-state index in [1.54, 1.807) is 0 Å². The molecule has 90 valence electrons. The Morgan fingerprint density at radius 3 is 2.56 bits per heavy atom. The second kappa shape index (κ2) is 7.04. The predicted octanol–water partition coefficient (Wildman–Crippen LogP) is 1.55. The van der Waals surface area contributed by atoms with Crippen LogP contribution in [0.3, 0.4) is 0 Å². The summed E-state index contributed by atoms with van der Waals surface area (Å²) in [5, 5.41) is 2.57. The predicted molar refractivity (Wildman–Crippen MR) is 60.8 cm³/mol. The van der Waals surface area contributed by atoms with Crippen molar-refractivity contribution in [3.63, 3.8) is 0 Å². The van der Waals surface area contributed by atoms with Gasteiger partial charge >= 0.3 is 5.97 Å². The Morgan fingerprint density at radius 2 is 1.94 bits per heavy atom. The Kier molecular flexibility index (Phi) is 5.61. The summed E-state index contributed by atoms with van der Waals surface area (Å²) in [5.41, 5.74) is 0. The molecule has 1 N–H and O–H groups in total. The van der Waals surface area contributed by atoms with E-state index in [4.69, 9.17) is 4.74 Å². The molecule has 0 aromatic rings. The lowest BCUT2D eigenvalue weighted by atomic mass is 9.98. The van der Waals surface area contributed by atoms with Gasteiger partial charge in [-0.2, -0.15) is 0 Å². The highest BCUT2D eigenvalue weighted by molar-refractivity contribution is 5.94. The van der Waals surface area contributed by atoms with Gasteiger partial charge in [-0.15, -0.1) is 0 Å². The van der Waals surface area contributed by atoms with E-state index in [-0.39, 0.29) is 12.0 Å². The minimum atomic E-state index is -0.418. The SMILES string of the molecule is CCNC(=O)/C=C\C(=O)OC1CCCCC1. The molecule has 16 heavy (non-hydrogen) atoms. The van der Waals surface area contributed by atoms with Gasteiger partial charge < -0.3 is 10.1 Å². The fourth-order valence-electron chi connectivity index (χ4n) is 1.76. The van der Waals surface area contributed by atoms with Gasteiger partial charge in [0.25, 0.3) is 0 Å². The highest BCUT2D eigenvalue weighted by Gasteiger charge is 2.16. The normalized spacial score (nSPS) is 17.3. The Labute approximate surface area is 96.0 Å². The van der Waals surface area contributed by atoms with Crippen LogP contribution in [-0.2, 0) is 14.3 Å². The fraction of sp³-hybridized carbons (Fsp3) is 0.667. The number of carbonyl (C=O) groups is 2. The molecule has 0 aromatic carbocycles. The maximum absolute atomic E-state index is 11.3. The summed E-state index contributed by atoms with van der Waals surface area (Å²) in [6, 6.07) is 0. The van der Waals surface area contributed by atoms with Crippen LogP contribution in [0.4, 0.5) is 0 Å². The third kappa shape index (κ3) is 4.96. The van der Waals surface area contributed by atoms with Crippen LogP contribution in [0.15, 0.2) is 12.2 Å². The number of nitrogens with one attached hydrogen (secondary N) is 1. The van der Waals surface area contributed by atoms with Gasteiger partial charge in [0.05, 0.1) is 0 Å². The van der Waals surface area contributed by atoms with Crippen molar-refractivity contribution in [2.75, 3.05) is 6.54 Å². The van der Waals surface area contributed by atoms with E-state index in [1.807, 2.05) is 6.92 Å². The van der Waals surface area contributed by atoms with E-state index in [9.17, 15) is 9.59 Å². The summed E-state index contributed by atoms with van der Waals surface area (Å²) in [6.07, 6.45) is 7.81. The highest BCUT2D eigenvalue weighted by Crippen LogP contribution is 2.20. The maximum atomic E-state index is 11.3. The van der Waals surface area contributed by atoms with Gasteiger partial charge in [0.1, 0.15) is 6.10 Å². The molecule has 0 spiro atoms. The summed E-state index contributed by atoms with van der Waals surface area (Å²) in [7, 11) is 0. The van der Waals surface area contributed by atoms with Crippen LogP contribution in [0.2, 0.25) is 0 Å². The van der Waals surface area contributed by atoms with Crippen LogP contribution >= 0.6 is 0 Å². The number of ether oxygens (including phenoxy) is 1. The van der Waals surface area contributed by atoms with Crippen molar-refractivity contribution in [2.24, 2.45) is 0 Å². The van der Waals surface area contributed by atoms with Crippen LogP contribution in [0.1, 0.15) is 39.0 Å². The van der Waals surface area contributed by atoms with E-state index < -0.39 is 5.97 Å². The number of amides is 1. The Hall–Kier alpha value is -1.32. The molecule has 1 amide bonds. The lowest BCUT2D eigenvalue weighted by Crippen LogP contribution is -2.22. The minimum absolute atomic E-state index is 0.0418. The molecule has 0 aliphatic heterocycles. The number of rotatable bonds is 4. The largest absolute Gasteiger partial charge is 0.459 e. The number of likely N-dealkylation sites (N-methyl/N-ethyl adjacent to an activating group) is 1. The topological polar surface area (TPSA) is 55.4 Å². The van der Waals surface area contributed by atoms with E-state index in [2.05, 4.69) is 5.32 Å². The molecule has 0 radical (unpaired) electrons. The first-order valence-electron chi connectivity index (χ1n) is 5.89. The van der Waals surface area contributed by atoms with E-state index in [0.717, 1.165) is 25.7 Å². The van der Waals surface area contributed by atoms with Gasteiger partial charge in [-0.25, -0.2) is 4.79 Å². The third-order valence-corrected chi connectivity index (χ3v) is 2.56. The van der Waals surface area contributed by atoms with Crippen molar-refractivity contribution in [3.05, 3.63) is 12.2 Å². The molecular formula is C12H19NO3. The van der Waals surface area contributed by atoms with Gasteiger partial charge in [-0.3, -0.25) is 4.79 Å². The molecule has 0 unspecified atom stereocenters. The molecular weight excluding hydrogens is 206 g/mol. The van der Waals surface area contributed by atoms with Crippen molar-refractivity contribution in [1.29, 1.82) is 0 Å². The summed E-state index contributed by atoms with van der Waals surface area (Å²) in [5.74, 6) is -0.679. The van der Waals surface area contributed by atoms with Crippen molar-refractivity contribution in [3.8, 4) is 0 Å². The lowest BCUT2D eigenvalue weighted by molar-refractivity contribution is -0.144. The van der Waals surface area contributed by atoms with Gasteiger partial charge in [0.2, 0.25) is 5.91 Å². The van der Waals surface area contributed by atoms with Crippen LogP contribution in [0, 0.1) is 0 Å². The molecule has 1 fully saturated rings. The summed E-state index contributed by atoms with van der Waals surface area (Å²) >= 11 is 0.